The molecule has 3 heterocycles. The van der Waals surface area contributed by atoms with E-state index in [0.29, 0.717) is 57.7 Å². The Hall–Kier alpha value is -3.82. The largest absolute Gasteiger partial charge is 0.493 e. The van der Waals surface area contributed by atoms with Gasteiger partial charge in [-0.2, -0.15) is 0 Å². The molecule has 1 aliphatic rings. The lowest BCUT2D eigenvalue weighted by atomic mass is 9.96. The van der Waals surface area contributed by atoms with Gasteiger partial charge in [-0.25, -0.2) is 9.97 Å². The SMILES string of the molecule is COc1cc(-c2cnc3[nH]cc(C(=O)NCC4CCN(C(C)=O)CC4)c3n2)cc(OC)c1OC. The van der Waals surface area contributed by atoms with Crippen LogP contribution < -0.4 is 19.5 Å². The van der Waals surface area contributed by atoms with E-state index in [4.69, 9.17) is 19.2 Å². The van der Waals surface area contributed by atoms with E-state index in [-0.39, 0.29) is 11.8 Å². The van der Waals surface area contributed by atoms with Crippen LogP contribution >= 0.6 is 0 Å². The number of hydrogen-bond donors (Lipinski definition) is 2. The minimum Gasteiger partial charge on any atom is -0.493 e. The average Bonchev–Trinajstić information content (AvgIpc) is 3.30. The number of carbonyl (C=O) groups is 2. The van der Waals surface area contributed by atoms with Gasteiger partial charge < -0.3 is 29.4 Å². The number of carbonyl (C=O) groups excluding carboxylic acids is 2. The highest BCUT2D eigenvalue weighted by atomic mass is 16.5. The predicted octanol–water partition coefficient (Wildman–Crippen LogP) is 2.64. The molecule has 10 nitrogen and oxygen atoms in total. The van der Waals surface area contributed by atoms with Crippen molar-refractivity contribution in [2.24, 2.45) is 5.92 Å². The Balaban J connectivity index is 1.54. The third-order valence-corrected chi connectivity index (χ3v) is 6.20. The molecule has 1 fully saturated rings. The molecule has 1 saturated heterocycles. The quantitative estimate of drug-likeness (QED) is 0.548. The molecule has 0 bridgehead atoms. The topological polar surface area (TPSA) is 119 Å². The molecule has 180 valence electrons. The first-order valence-electron chi connectivity index (χ1n) is 11.1. The normalized spacial score (nSPS) is 14.2. The summed E-state index contributed by atoms with van der Waals surface area (Å²) in [4.78, 5) is 38.5. The van der Waals surface area contributed by atoms with Gasteiger partial charge in [0.1, 0.15) is 5.52 Å². The number of methoxy groups -OCH3 is 3. The van der Waals surface area contributed by atoms with Crippen LogP contribution in [0.4, 0.5) is 0 Å². The Bertz CT molecular complexity index is 1170. The fourth-order valence-corrected chi connectivity index (χ4v) is 4.22. The van der Waals surface area contributed by atoms with Crippen LogP contribution in [0.3, 0.4) is 0 Å². The van der Waals surface area contributed by atoms with Gasteiger partial charge in [-0.05, 0) is 30.9 Å². The molecule has 0 unspecified atom stereocenters. The Morgan fingerprint density at radius 3 is 2.38 bits per heavy atom. The summed E-state index contributed by atoms with van der Waals surface area (Å²) in [5.41, 5.74) is 2.72. The highest BCUT2D eigenvalue weighted by molar-refractivity contribution is 6.04. The number of benzene rings is 1. The van der Waals surface area contributed by atoms with Gasteiger partial charge in [0.15, 0.2) is 17.1 Å². The van der Waals surface area contributed by atoms with Crippen molar-refractivity contribution < 1.29 is 23.8 Å². The molecule has 0 radical (unpaired) electrons. The zero-order valence-corrected chi connectivity index (χ0v) is 19.8. The Kier molecular flexibility index (Phi) is 6.85. The average molecular weight is 468 g/mol. The van der Waals surface area contributed by atoms with Gasteiger partial charge in [0.05, 0.1) is 38.8 Å². The van der Waals surface area contributed by atoms with Gasteiger partial charge in [0.25, 0.3) is 5.91 Å². The van der Waals surface area contributed by atoms with Crippen molar-refractivity contribution in [3.63, 3.8) is 0 Å². The standard InChI is InChI=1S/C24H29N5O5/c1-14(30)29-7-5-15(6-8-29)11-27-24(31)17-12-25-23-21(17)28-18(13-26-23)16-9-19(32-2)22(34-4)20(10-16)33-3/h9-10,12-13,15H,5-8,11H2,1-4H3,(H,25,26)(H,27,31). The van der Waals surface area contributed by atoms with Crippen LogP contribution in [0.1, 0.15) is 30.1 Å². The summed E-state index contributed by atoms with van der Waals surface area (Å²) in [5.74, 6) is 1.71. The fraction of sp³-hybridized carbons (Fsp3) is 0.417. The summed E-state index contributed by atoms with van der Waals surface area (Å²) in [7, 11) is 4.65. The first kappa shape index (κ1) is 23.3. The molecular weight excluding hydrogens is 438 g/mol. The molecule has 4 rings (SSSR count). The van der Waals surface area contributed by atoms with Crippen LogP contribution in [-0.4, -0.2) is 72.6 Å². The van der Waals surface area contributed by atoms with Gasteiger partial charge in [-0.3, -0.25) is 9.59 Å². The maximum absolute atomic E-state index is 12.9. The number of nitrogens with one attached hydrogen (secondary N) is 2. The lowest BCUT2D eigenvalue weighted by Crippen LogP contribution is -2.40. The highest BCUT2D eigenvalue weighted by Crippen LogP contribution is 2.40. The predicted molar refractivity (Wildman–Crippen MR) is 126 cm³/mol. The zero-order chi connectivity index (χ0) is 24.2. The van der Waals surface area contributed by atoms with Crippen LogP contribution in [0.2, 0.25) is 0 Å². The van der Waals surface area contributed by atoms with E-state index in [0.717, 1.165) is 25.9 Å². The molecule has 3 aromatic rings. The molecule has 2 aromatic heterocycles. The van der Waals surface area contributed by atoms with Crippen LogP contribution in [0.25, 0.3) is 22.4 Å². The van der Waals surface area contributed by atoms with Gasteiger partial charge in [-0.1, -0.05) is 0 Å². The fourth-order valence-electron chi connectivity index (χ4n) is 4.22. The molecule has 10 heteroatoms. The Morgan fingerprint density at radius 2 is 1.79 bits per heavy atom. The van der Waals surface area contributed by atoms with Gasteiger partial charge >= 0.3 is 0 Å². The Morgan fingerprint density at radius 1 is 1.12 bits per heavy atom. The molecule has 1 aromatic carbocycles. The first-order chi connectivity index (χ1) is 16.4. The molecule has 2 amide bonds. The summed E-state index contributed by atoms with van der Waals surface area (Å²) in [5, 5.41) is 3.02. The van der Waals surface area contributed by atoms with E-state index in [9.17, 15) is 9.59 Å². The monoisotopic (exact) mass is 467 g/mol. The van der Waals surface area contributed by atoms with Crippen LogP contribution in [0, 0.1) is 5.92 Å². The number of likely N-dealkylation sites (tertiary alicyclic amines) is 1. The van der Waals surface area contributed by atoms with Crippen molar-refractivity contribution in [1.29, 1.82) is 0 Å². The third kappa shape index (κ3) is 4.61. The van der Waals surface area contributed by atoms with E-state index in [1.54, 1.807) is 52.8 Å². The first-order valence-corrected chi connectivity index (χ1v) is 11.1. The number of H-pyrrole nitrogens is 1. The second kappa shape index (κ2) is 9.98. The van der Waals surface area contributed by atoms with Crippen molar-refractivity contribution in [3.05, 3.63) is 30.1 Å². The summed E-state index contributed by atoms with van der Waals surface area (Å²) in [6, 6.07) is 3.58. The lowest BCUT2D eigenvalue weighted by molar-refractivity contribution is -0.130. The van der Waals surface area contributed by atoms with E-state index >= 15 is 0 Å². The van der Waals surface area contributed by atoms with Crippen LogP contribution in [-0.2, 0) is 4.79 Å². The Labute approximate surface area is 197 Å². The van der Waals surface area contributed by atoms with E-state index in [1.165, 1.54) is 0 Å². The molecule has 0 saturated carbocycles. The number of nitrogens with zero attached hydrogens (tertiary/aromatic N) is 3. The number of piperidine rings is 1. The van der Waals surface area contributed by atoms with Crippen molar-refractivity contribution in [2.45, 2.75) is 19.8 Å². The highest BCUT2D eigenvalue weighted by Gasteiger charge is 2.22. The summed E-state index contributed by atoms with van der Waals surface area (Å²) in [6.07, 6.45) is 5.00. The second-order valence-corrected chi connectivity index (χ2v) is 8.23. The minimum absolute atomic E-state index is 0.0998. The summed E-state index contributed by atoms with van der Waals surface area (Å²) in [6.45, 7) is 3.60. The van der Waals surface area contributed by atoms with Crippen LogP contribution in [0.15, 0.2) is 24.5 Å². The number of amides is 2. The molecule has 2 N–H and O–H groups in total. The van der Waals surface area contributed by atoms with Gasteiger partial charge in [-0.15, -0.1) is 0 Å². The number of rotatable bonds is 7. The van der Waals surface area contributed by atoms with Crippen molar-refractivity contribution in [2.75, 3.05) is 41.0 Å². The van der Waals surface area contributed by atoms with Crippen molar-refractivity contribution in [3.8, 4) is 28.5 Å². The van der Waals surface area contributed by atoms with E-state index < -0.39 is 0 Å². The van der Waals surface area contributed by atoms with E-state index in [2.05, 4.69) is 15.3 Å². The minimum atomic E-state index is -0.211. The number of aromatic amines is 1. The number of ether oxygens (including phenoxy) is 3. The van der Waals surface area contributed by atoms with Gasteiger partial charge in [0.2, 0.25) is 11.7 Å². The molecule has 0 atom stereocenters. The maximum Gasteiger partial charge on any atom is 0.255 e. The van der Waals surface area contributed by atoms with Crippen molar-refractivity contribution in [1.82, 2.24) is 25.2 Å². The number of aromatic nitrogens is 3. The number of fused-ring (bicyclic) bond motifs is 1. The second-order valence-electron chi connectivity index (χ2n) is 8.23. The molecular formula is C24H29N5O5. The summed E-state index contributed by atoms with van der Waals surface area (Å²) < 4.78 is 16.3. The summed E-state index contributed by atoms with van der Waals surface area (Å²) >= 11 is 0. The van der Waals surface area contributed by atoms with Crippen molar-refractivity contribution >= 4 is 23.0 Å². The molecule has 0 aliphatic carbocycles. The smallest absolute Gasteiger partial charge is 0.255 e. The molecule has 1 aliphatic heterocycles. The lowest BCUT2D eigenvalue weighted by Gasteiger charge is -2.31. The van der Waals surface area contributed by atoms with Gasteiger partial charge in [0, 0.05) is 38.3 Å². The maximum atomic E-state index is 12.9. The molecule has 34 heavy (non-hydrogen) atoms. The molecule has 0 spiro atoms. The van der Waals surface area contributed by atoms with Crippen LogP contribution in [0.5, 0.6) is 17.2 Å². The third-order valence-electron chi connectivity index (χ3n) is 6.20. The van der Waals surface area contributed by atoms with E-state index in [1.807, 2.05) is 4.90 Å². The zero-order valence-electron chi connectivity index (χ0n) is 19.8. The number of hydrogen-bond acceptors (Lipinski definition) is 7.